The van der Waals surface area contributed by atoms with E-state index in [4.69, 9.17) is 0 Å². The highest BCUT2D eigenvalue weighted by atomic mass is 79.9. The summed E-state index contributed by atoms with van der Waals surface area (Å²) in [4.78, 5) is 11.7. The van der Waals surface area contributed by atoms with E-state index < -0.39 is 0 Å². The topological polar surface area (TPSA) is 41.1 Å². The third kappa shape index (κ3) is 4.06. The number of benzene rings is 2. The van der Waals surface area contributed by atoms with Gasteiger partial charge in [-0.3, -0.25) is 0 Å². The second-order valence-electron chi connectivity index (χ2n) is 3.91. The lowest BCUT2D eigenvalue weighted by Gasteiger charge is -2.09. The summed E-state index contributed by atoms with van der Waals surface area (Å²) in [5.41, 5.74) is 1.53. The molecule has 0 spiro atoms. The second kappa shape index (κ2) is 6.33. The average Bonchev–Trinajstić information content (AvgIpc) is 2.41. The van der Waals surface area contributed by atoms with Crippen molar-refractivity contribution in [3.05, 3.63) is 64.4 Å². The van der Waals surface area contributed by atoms with Crippen LogP contribution in [0.1, 0.15) is 5.56 Å². The molecule has 2 rings (SSSR count). The molecule has 0 heterocycles. The number of nitrogens with one attached hydrogen (secondary N) is 2. The molecule has 0 saturated carbocycles. The summed E-state index contributed by atoms with van der Waals surface area (Å²) < 4.78 is 13.5. The molecule has 0 unspecified atom stereocenters. The molecule has 0 radical (unpaired) electrons. The summed E-state index contributed by atoms with van der Waals surface area (Å²) >= 11 is 3.34. The van der Waals surface area contributed by atoms with Crippen LogP contribution in [0.2, 0.25) is 0 Å². The van der Waals surface area contributed by atoms with Crippen molar-refractivity contribution in [3.8, 4) is 0 Å². The zero-order valence-electron chi connectivity index (χ0n) is 9.99. The van der Waals surface area contributed by atoms with E-state index in [0.717, 1.165) is 10.0 Å². The Morgan fingerprint density at radius 1 is 1.11 bits per heavy atom. The Kier molecular flexibility index (Phi) is 4.52. The van der Waals surface area contributed by atoms with Crippen LogP contribution in [-0.2, 0) is 6.54 Å². The third-order valence-corrected chi connectivity index (χ3v) is 3.18. The van der Waals surface area contributed by atoms with Crippen molar-refractivity contribution in [2.45, 2.75) is 6.54 Å². The molecule has 3 nitrogen and oxygen atoms in total. The maximum absolute atomic E-state index is 12.7. The lowest BCUT2D eigenvalue weighted by Crippen LogP contribution is -2.28. The van der Waals surface area contributed by atoms with Crippen LogP contribution in [0.5, 0.6) is 0 Å². The van der Waals surface area contributed by atoms with Gasteiger partial charge in [-0.1, -0.05) is 24.3 Å². The minimum Gasteiger partial charge on any atom is -0.334 e. The number of hydrogen-bond donors (Lipinski definition) is 2. The highest BCUT2D eigenvalue weighted by Crippen LogP contribution is 2.20. The number of rotatable bonds is 3. The Morgan fingerprint density at radius 2 is 1.79 bits per heavy atom. The van der Waals surface area contributed by atoms with Gasteiger partial charge in [0.2, 0.25) is 0 Å². The fraction of sp³-hybridized carbons (Fsp3) is 0.0714. The molecule has 0 aromatic heterocycles. The van der Waals surface area contributed by atoms with Crippen LogP contribution in [0.25, 0.3) is 0 Å². The highest BCUT2D eigenvalue weighted by Gasteiger charge is 2.04. The van der Waals surface area contributed by atoms with Crippen molar-refractivity contribution in [2.75, 3.05) is 5.32 Å². The van der Waals surface area contributed by atoms with E-state index in [0.29, 0.717) is 12.2 Å². The number of amides is 2. The largest absolute Gasteiger partial charge is 0.334 e. The summed E-state index contributed by atoms with van der Waals surface area (Å²) in [6, 6.07) is 13.0. The van der Waals surface area contributed by atoms with E-state index in [2.05, 4.69) is 26.6 Å². The summed E-state index contributed by atoms with van der Waals surface area (Å²) in [5, 5.41) is 5.42. The number of carbonyl (C=O) groups is 1. The van der Waals surface area contributed by atoms with E-state index in [1.165, 1.54) is 12.1 Å². The SMILES string of the molecule is O=C(NCc1ccc(F)cc1)Nc1ccccc1Br. The van der Waals surface area contributed by atoms with Crippen LogP contribution < -0.4 is 10.6 Å². The molecule has 0 atom stereocenters. The Bertz CT molecular complexity index is 572. The maximum Gasteiger partial charge on any atom is 0.319 e. The van der Waals surface area contributed by atoms with Crippen LogP contribution in [-0.4, -0.2) is 6.03 Å². The standard InChI is InChI=1S/C14H12BrFN2O/c15-12-3-1-2-4-13(12)18-14(19)17-9-10-5-7-11(16)8-6-10/h1-8H,9H2,(H2,17,18,19). The lowest BCUT2D eigenvalue weighted by molar-refractivity contribution is 0.251. The van der Waals surface area contributed by atoms with Crippen molar-refractivity contribution < 1.29 is 9.18 Å². The molecular formula is C14H12BrFN2O. The van der Waals surface area contributed by atoms with Gasteiger partial charge < -0.3 is 10.6 Å². The van der Waals surface area contributed by atoms with Gasteiger partial charge in [0.15, 0.2) is 0 Å². The Hall–Kier alpha value is -1.88. The zero-order valence-corrected chi connectivity index (χ0v) is 11.6. The van der Waals surface area contributed by atoms with Crippen LogP contribution in [0.3, 0.4) is 0 Å². The van der Waals surface area contributed by atoms with E-state index in [1.807, 2.05) is 18.2 Å². The fourth-order valence-corrected chi connectivity index (χ4v) is 1.90. The first-order chi connectivity index (χ1) is 9.15. The number of halogens is 2. The van der Waals surface area contributed by atoms with Gasteiger partial charge in [-0.2, -0.15) is 0 Å². The van der Waals surface area contributed by atoms with Crippen molar-refractivity contribution in [1.29, 1.82) is 0 Å². The second-order valence-corrected chi connectivity index (χ2v) is 4.77. The molecule has 5 heteroatoms. The van der Waals surface area contributed by atoms with Crippen molar-refractivity contribution in [2.24, 2.45) is 0 Å². The van der Waals surface area contributed by atoms with Gasteiger partial charge in [0, 0.05) is 11.0 Å². The van der Waals surface area contributed by atoms with Crippen LogP contribution in [0.15, 0.2) is 53.0 Å². The van der Waals surface area contributed by atoms with Crippen molar-refractivity contribution in [3.63, 3.8) is 0 Å². The van der Waals surface area contributed by atoms with Gasteiger partial charge in [-0.25, -0.2) is 9.18 Å². The summed E-state index contributed by atoms with van der Waals surface area (Å²) in [5.74, 6) is -0.290. The maximum atomic E-state index is 12.7. The lowest BCUT2D eigenvalue weighted by atomic mass is 10.2. The number of para-hydroxylation sites is 1. The van der Waals surface area contributed by atoms with E-state index in [1.54, 1.807) is 18.2 Å². The molecule has 0 aliphatic heterocycles. The number of anilines is 1. The van der Waals surface area contributed by atoms with Gasteiger partial charge in [0.1, 0.15) is 5.82 Å². The normalized spacial score (nSPS) is 10.0. The number of carbonyl (C=O) groups excluding carboxylic acids is 1. The van der Waals surface area contributed by atoms with Gasteiger partial charge in [0.05, 0.1) is 5.69 Å². The zero-order chi connectivity index (χ0) is 13.7. The quantitative estimate of drug-likeness (QED) is 0.883. The van der Waals surface area contributed by atoms with Crippen LogP contribution in [0.4, 0.5) is 14.9 Å². The Balaban J connectivity index is 1.88. The first-order valence-corrected chi connectivity index (χ1v) is 6.48. The molecule has 0 aliphatic carbocycles. The van der Waals surface area contributed by atoms with E-state index in [9.17, 15) is 9.18 Å². The van der Waals surface area contributed by atoms with E-state index >= 15 is 0 Å². The molecule has 2 aromatic carbocycles. The van der Waals surface area contributed by atoms with Crippen LogP contribution in [0, 0.1) is 5.82 Å². The van der Waals surface area contributed by atoms with Gasteiger partial charge in [-0.15, -0.1) is 0 Å². The predicted octanol–water partition coefficient (Wildman–Crippen LogP) is 3.91. The monoisotopic (exact) mass is 322 g/mol. The average molecular weight is 323 g/mol. The smallest absolute Gasteiger partial charge is 0.319 e. The first-order valence-electron chi connectivity index (χ1n) is 5.69. The minimum absolute atomic E-state index is 0.290. The Labute approximate surface area is 119 Å². The van der Waals surface area contributed by atoms with Gasteiger partial charge >= 0.3 is 6.03 Å². The molecule has 2 amide bonds. The number of hydrogen-bond acceptors (Lipinski definition) is 1. The molecule has 19 heavy (non-hydrogen) atoms. The molecule has 0 fully saturated rings. The Morgan fingerprint density at radius 3 is 2.47 bits per heavy atom. The summed E-state index contributed by atoms with van der Waals surface area (Å²) in [6.07, 6.45) is 0. The molecule has 0 aliphatic rings. The van der Waals surface area contributed by atoms with Crippen molar-refractivity contribution in [1.82, 2.24) is 5.32 Å². The van der Waals surface area contributed by atoms with Crippen LogP contribution >= 0.6 is 15.9 Å². The summed E-state index contributed by atoms with van der Waals surface area (Å²) in [6.45, 7) is 0.344. The minimum atomic E-state index is -0.309. The highest BCUT2D eigenvalue weighted by molar-refractivity contribution is 9.10. The van der Waals surface area contributed by atoms with Gasteiger partial charge in [0.25, 0.3) is 0 Å². The molecule has 98 valence electrons. The molecule has 0 bridgehead atoms. The first kappa shape index (κ1) is 13.5. The van der Waals surface area contributed by atoms with E-state index in [-0.39, 0.29) is 11.8 Å². The third-order valence-electron chi connectivity index (χ3n) is 2.49. The predicted molar refractivity (Wildman–Crippen MR) is 76.4 cm³/mol. The van der Waals surface area contributed by atoms with Crippen molar-refractivity contribution >= 4 is 27.6 Å². The fourth-order valence-electron chi connectivity index (χ4n) is 1.51. The molecule has 0 saturated heterocycles. The summed E-state index contributed by atoms with van der Waals surface area (Å²) in [7, 11) is 0. The molecular weight excluding hydrogens is 311 g/mol. The van der Waals surface area contributed by atoms with Gasteiger partial charge in [-0.05, 0) is 45.8 Å². The molecule has 2 aromatic rings. The molecule has 2 N–H and O–H groups in total. The number of urea groups is 1.